The highest BCUT2D eigenvalue weighted by molar-refractivity contribution is 5.51. The van der Waals surface area contributed by atoms with Gasteiger partial charge in [-0.05, 0) is 11.6 Å². The van der Waals surface area contributed by atoms with E-state index in [2.05, 4.69) is 15.5 Å². The number of hydrazine groups is 1. The lowest BCUT2D eigenvalue weighted by Crippen LogP contribution is -2.23. The van der Waals surface area contributed by atoms with E-state index in [1.807, 2.05) is 0 Å². The lowest BCUT2D eigenvalue weighted by atomic mass is 10.0. The highest BCUT2D eigenvalue weighted by Crippen LogP contribution is 2.24. The molecule has 7 heteroatoms. The molecule has 0 aliphatic carbocycles. The van der Waals surface area contributed by atoms with Gasteiger partial charge in [0.05, 0.1) is 18.3 Å². The summed E-state index contributed by atoms with van der Waals surface area (Å²) in [7, 11) is 0. The van der Waals surface area contributed by atoms with Crippen molar-refractivity contribution in [2.75, 3.05) is 12.0 Å². The van der Waals surface area contributed by atoms with Crippen LogP contribution in [-0.2, 0) is 0 Å². The molecule has 1 aromatic carbocycles. The van der Waals surface area contributed by atoms with E-state index in [-0.39, 0.29) is 6.54 Å². The van der Waals surface area contributed by atoms with Crippen LogP contribution < -0.4 is 11.3 Å². The van der Waals surface area contributed by atoms with Crippen molar-refractivity contribution >= 4 is 5.69 Å². The number of hydrogen-bond acceptors (Lipinski definition) is 5. The number of aliphatic hydroxyl groups excluding tert-OH is 2. The van der Waals surface area contributed by atoms with Gasteiger partial charge in [-0.1, -0.05) is 23.3 Å². The van der Waals surface area contributed by atoms with Crippen LogP contribution >= 0.6 is 0 Å². The molecule has 0 saturated carbocycles. The van der Waals surface area contributed by atoms with Crippen LogP contribution in [0.25, 0.3) is 10.4 Å². The lowest BCUT2D eigenvalue weighted by Gasteiger charge is -2.18. The number of nitrogen functional groups attached to an aromatic ring is 1. The monoisotopic (exact) mass is 223 g/mol. The number of para-hydroxylation sites is 1. The molecule has 7 nitrogen and oxygen atoms in total. The third-order valence-corrected chi connectivity index (χ3v) is 2.13. The minimum atomic E-state index is -1.16. The molecule has 2 atom stereocenters. The molecule has 2 unspecified atom stereocenters. The summed E-state index contributed by atoms with van der Waals surface area (Å²) in [6.45, 7) is -0.198. The maximum Gasteiger partial charge on any atom is 0.107 e. The normalized spacial score (nSPS) is 13.7. The van der Waals surface area contributed by atoms with Gasteiger partial charge in [0.1, 0.15) is 6.10 Å². The summed E-state index contributed by atoms with van der Waals surface area (Å²) in [5.74, 6) is 5.26. The van der Waals surface area contributed by atoms with E-state index in [9.17, 15) is 10.2 Å². The van der Waals surface area contributed by atoms with Crippen molar-refractivity contribution in [2.45, 2.75) is 12.2 Å². The second-order valence-corrected chi connectivity index (χ2v) is 3.16. The summed E-state index contributed by atoms with van der Waals surface area (Å²) >= 11 is 0. The van der Waals surface area contributed by atoms with Gasteiger partial charge in [-0.15, -0.1) is 0 Å². The number of nitrogens with two attached hydrogens (primary N) is 1. The second kappa shape index (κ2) is 5.94. The van der Waals surface area contributed by atoms with Gasteiger partial charge in [0.25, 0.3) is 0 Å². The Morgan fingerprint density at radius 3 is 2.75 bits per heavy atom. The number of nitrogens with one attached hydrogen (secondary N) is 1. The Labute approximate surface area is 92.1 Å². The third kappa shape index (κ3) is 2.85. The fraction of sp³-hybridized carbons (Fsp3) is 0.333. The summed E-state index contributed by atoms with van der Waals surface area (Å²) in [6, 6.07) is 6.74. The maximum atomic E-state index is 9.80. The Morgan fingerprint density at radius 1 is 1.44 bits per heavy atom. The maximum absolute atomic E-state index is 9.80. The summed E-state index contributed by atoms with van der Waals surface area (Å²) in [5.41, 5.74) is 11.5. The molecular formula is C9H13N5O2. The van der Waals surface area contributed by atoms with Crippen LogP contribution in [-0.4, -0.2) is 22.9 Å². The number of aliphatic hydroxyl groups is 2. The molecule has 0 amide bonds. The molecule has 5 N–H and O–H groups in total. The first-order valence-electron chi connectivity index (χ1n) is 4.63. The van der Waals surface area contributed by atoms with Crippen molar-refractivity contribution < 1.29 is 10.2 Å². The summed E-state index contributed by atoms with van der Waals surface area (Å²) in [4.78, 5) is 2.51. The van der Waals surface area contributed by atoms with E-state index in [4.69, 9.17) is 11.4 Å². The first-order chi connectivity index (χ1) is 7.70. The molecule has 86 valence electrons. The van der Waals surface area contributed by atoms with E-state index < -0.39 is 12.2 Å². The Balaban J connectivity index is 2.86. The van der Waals surface area contributed by atoms with Gasteiger partial charge in [-0.3, -0.25) is 5.84 Å². The quantitative estimate of drug-likeness (QED) is 0.192. The van der Waals surface area contributed by atoms with Crippen LogP contribution in [0.15, 0.2) is 29.4 Å². The van der Waals surface area contributed by atoms with Crippen molar-refractivity contribution in [3.63, 3.8) is 0 Å². The zero-order valence-electron chi connectivity index (χ0n) is 8.48. The minimum absolute atomic E-state index is 0.198. The average Bonchev–Trinajstić information content (AvgIpc) is 2.34. The van der Waals surface area contributed by atoms with Gasteiger partial charge in [0.15, 0.2) is 0 Å². The fourth-order valence-electron chi connectivity index (χ4n) is 1.31. The summed E-state index contributed by atoms with van der Waals surface area (Å²) < 4.78 is 0. The highest BCUT2D eigenvalue weighted by Gasteiger charge is 2.19. The largest absolute Gasteiger partial charge is 0.390 e. The van der Waals surface area contributed by atoms with Gasteiger partial charge in [-0.2, -0.15) is 0 Å². The molecule has 0 radical (unpaired) electrons. The molecule has 0 aliphatic rings. The zero-order valence-corrected chi connectivity index (χ0v) is 8.48. The molecule has 16 heavy (non-hydrogen) atoms. The van der Waals surface area contributed by atoms with Crippen LogP contribution in [0.2, 0.25) is 0 Å². The van der Waals surface area contributed by atoms with Crippen LogP contribution in [0.5, 0.6) is 0 Å². The van der Waals surface area contributed by atoms with E-state index in [0.717, 1.165) is 0 Å². The molecule has 0 bridgehead atoms. The van der Waals surface area contributed by atoms with Crippen molar-refractivity contribution in [1.29, 1.82) is 0 Å². The Morgan fingerprint density at radius 2 is 2.12 bits per heavy atom. The molecule has 0 fully saturated rings. The summed E-state index contributed by atoms with van der Waals surface area (Å²) in [6.07, 6.45) is -2.32. The van der Waals surface area contributed by atoms with Gasteiger partial charge in [0, 0.05) is 10.5 Å². The SMILES string of the molecule is [N-]=[N+]=NCC(O)C(O)c1ccccc1NN. The minimum Gasteiger partial charge on any atom is -0.390 e. The first-order valence-corrected chi connectivity index (χ1v) is 4.63. The van der Waals surface area contributed by atoms with Crippen molar-refractivity contribution in [2.24, 2.45) is 11.0 Å². The van der Waals surface area contributed by atoms with E-state index >= 15 is 0 Å². The van der Waals surface area contributed by atoms with Crippen molar-refractivity contribution in [3.05, 3.63) is 40.3 Å². The lowest BCUT2D eigenvalue weighted by molar-refractivity contribution is 0.0248. The number of rotatable bonds is 5. The third-order valence-electron chi connectivity index (χ3n) is 2.13. The Hall–Kier alpha value is -1.79. The number of benzene rings is 1. The van der Waals surface area contributed by atoms with Crippen LogP contribution in [0, 0.1) is 0 Å². The van der Waals surface area contributed by atoms with Gasteiger partial charge in [0.2, 0.25) is 0 Å². The second-order valence-electron chi connectivity index (χ2n) is 3.16. The molecular weight excluding hydrogens is 210 g/mol. The molecule has 0 heterocycles. The van der Waals surface area contributed by atoms with Gasteiger partial charge < -0.3 is 15.6 Å². The Kier molecular flexibility index (Phi) is 4.56. The van der Waals surface area contributed by atoms with Gasteiger partial charge >= 0.3 is 0 Å². The van der Waals surface area contributed by atoms with Crippen LogP contribution in [0.3, 0.4) is 0 Å². The topological polar surface area (TPSA) is 127 Å². The van der Waals surface area contributed by atoms with E-state index in [0.29, 0.717) is 11.3 Å². The van der Waals surface area contributed by atoms with Crippen LogP contribution in [0.1, 0.15) is 11.7 Å². The fourth-order valence-corrected chi connectivity index (χ4v) is 1.31. The van der Waals surface area contributed by atoms with E-state index in [1.54, 1.807) is 24.3 Å². The molecule has 0 aromatic heterocycles. The van der Waals surface area contributed by atoms with Crippen LogP contribution in [0.4, 0.5) is 5.69 Å². The molecule has 1 aromatic rings. The Bertz CT molecular complexity index is 391. The first kappa shape index (κ1) is 12.3. The van der Waals surface area contributed by atoms with Gasteiger partial charge in [-0.25, -0.2) is 0 Å². The highest BCUT2D eigenvalue weighted by atomic mass is 16.3. The smallest absolute Gasteiger partial charge is 0.107 e. The van der Waals surface area contributed by atoms with Crippen molar-refractivity contribution in [3.8, 4) is 0 Å². The van der Waals surface area contributed by atoms with E-state index in [1.165, 1.54) is 0 Å². The summed E-state index contributed by atoms with van der Waals surface area (Å²) in [5, 5.41) is 22.5. The number of azide groups is 1. The predicted molar refractivity (Wildman–Crippen MR) is 59.2 cm³/mol. The standard InChI is InChI=1S/C9H13N5O2/c10-13-7-4-2-1-3-6(7)9(16)8(15)5-12-14-11/h1-4,8-9,13,15-16H,5,10H2. The number of nitrogens with zero attached hydrogens (tertiary/aromatic N) is 3. The molecule has 0 spiro atoms. The molecule has 1 rings (SSSR count). The predicted octanol–water partition coefficient (Wildman–Crippen LogP) is 0.677. The average molecular weight is 223 g/mol. The molecule has 0 saturated heterocycles. The number of hydrogen-bond donors (Lipinski definition) is 4. The number of anilines is 1. The van der Waals surface area contributed by atoms with Crippen molar-refractivity contribution in [1.82, 2.24) is 0 Å². The molecule has 0 aliphatic heterocycles. The zero-order chi connectivity index (χ0) is 12.0.